The number of nitrogens with two attached hydrogens (primary N) is 1. The Bertz CT molecular complexity index is 447. The van der Waals surface area contributed by atoms with E-state index in [1.165, 1.54) is 6.07 Å². The predicted octanol–water partition coefficient (Wildman–Crippen LogP) is 2.56. The van der Waals surface area contributed by atoms with E-state index in [0.717, 1.165) is 18.5 Å². The van der Waals surface area contributed by atoms with Gasteiger partial charge in [-0.2, -0.15) is 0 Å². The van der Waals surface area contributed by atoms with Gasteiger partial charge in [-0.25, -0.2) is 4.39 Å². The monoisotopic (exact) mass is 255 g/mol. The molecule has 1 aromatic carbocycles. The number of guanidine groups is 1. The van der Waals surface area contributed by atoms with E-state index in [2.05, 4.69) is 11.9 Å². The van der Waals surface area contributed by atoms with Crippen molar-refractivity contribution in [2.45, 2.75) is 19.4 Å². The molecule has 0 aromatic heterocycles. The second-order valence-corrected chi connectivity index (χ2v) is 4.49. The van der Waals surface area contributed by atoms with Crippen molar-refractivity contribution in [3.05, 3.63) is 34.6 Å². The van der Waals surface area contributed by atoms with Crippen LogP contribution in [-0.4, -0.2) is 23.9 Å². The summed E-state index contributed by atoms with van der Waals surface area (Å²) in [5, 5.41) is 0.141. The van der Waals surface area contributed by atoms with Crippen LogP contribution in [0.25, 0.3) is 0 Å². The van der Waals surface area contributed by atoms with E-state index < -0.39 is 5.82 Å². The van der Waals surface area contributed by atoms with Crippen LogP contribution in [0.1, 0.15) is 24.9 Å². The van der Waals surface area contributed by atoms with Crippen LogP contribution in [0.3, 0.4) is 0 Å². The highest BCUT2D eigenvalue weighted by Crippen LogP contribution is 2.28. The maximum Gasteiger partial charge on any atom is 0.191 e. The Hall–Kier alpha value is -1.29. The van der Waals surface area contributed by atoms with Crippen molar-refractivity contribution in [2.24, 2.45) is 10.7 Å². The first-order valence-electron chi connectivity index (χ1n) is 5.65. The summed E-state index contributed by atoms with van der Waals surface area (Å²) in [6.07, 6.45) is 0.975. The summed E-state index contributed by atoms with van der Waals surface area (Å²) in [5.74, 6) is 0.137. The summed E-state index contributed by atoms with van der Waals surface area (Å²) in [4.78, 5) is 6.21. The summed E-state index contributed by atoms with van der Waals surface area (Å²) in [7, 11) is 0. The molecule has 0 saturated carbocycles. The molecule has 1 unspecified atom stereocenters. The lowest BCUT2D eigenvalue weighted by molar-refractivity contribution is 0.346. The molecule has 17 heavy (non-hydrogen) atoms. The van der Waals surface area contributed by atoms with Gasteiger partial charge in [0.1, 0.15) is 5.82 Å². The average Bonchev–Trinajstić information content (AvgIpc) is 2.66. The Kier molecular flexibility index (Phi) is 3.52. The van der Waals surface area contributed by atoms with E-state index in [0.29, 0.717) is 12.5 Å². The molecule has 0 aliphatic carbocycles. The molecule has 0 amide bonds. The van der Waals surface area contributed by atoms with Gasteiger partial charge in [-0.3, -0.25) is 4.99 Å². The smallest absolute Gasteiger partial charge is 0.191 e. The Morgan fingerprint density at radius 3 is 3.00 bits per heavy atom. The highest BCUT2D eigenvalue weighted by molar-refractivity contribution is 6.30. The van der Waals surface area contributed by atoms with Gasteiger partial charge in [0.05, 0.1) is 17.6 Å². The van der Waals surface area contributed by atoms with Crippen molar-refractivity contribution < 1.29 is 4.39 Å². The minimum absolute atomic E-state index is 0.0294. The minimum atomic E-state index is -0.397. The molecule has 1 aliphatic heterocycles. The number of nitrogens with zero attached hydrogens (tertiary/aromatic N) is 2. The molecule has 5 heteroatoms. The van der Waals surface area contributed by atoms with Crippen molar-refractivity contribution in [2.75, 3.05) is 13.1 Å². The van der Waals surface area contributed by atoms with Crippen LogP contribution in [0.2, 0.25) is 5.02 Å². The van der Waals surface area contributed by atoms with Gasteiger partial charge < -0.3 is 10.6 Å². The van der Waals surface area contributed by atoms with Crippen LogP contribution in [-0.2, 0) is 0 Å². The topological polar surface area (TPSA) is 41.6 Å². The fourth-order valence-corrected chi connectivity index (χ4v) is 2.16. The highest BCUT2D eigenvalue weighted by atomic mass is 35.5. The highest BCUT2D eigenvalue weighted by Gasteiger charge is 2.27. The van der Waals surface area contributed by atoms with Gasteiger partial charge in [0.25, 0.3) is 0 Å². The molecule has 1 atom stereocenters. The van der Waals surface area contributed by atoms with Crippen LogP contribution in [0.15, 0.2) is 23.2 Å². The lowest BCUT2D eigenvalue weighted by Crippen LogP contribution is -2.36. The zero-order valence-corrected chi connectivity index (χ0v) is 10.4. The van der Waals surface area contributed by atoms with E-state index in [9.17, 15) is 4.39 Å². The Labute approximate surface area is 105 Å². The Morgan fingerprint density at radius 2 is 2.35 bits per heavy atom. The molecule has 2 rings (SSSR count). The molecular formula is C12H15ClFN3. The lowest BCUT2D eigenvalue weighted by Gasteiger charge is -2.26. The quantitative estimate of drug-likeness (QED) is 0.902. The van der Waals surface area contributed by atoms with Crippen molar-refractivity contribution in [1.29, 1.82) is 0 Å². The number of aliphatic imine (C=N–C) groups is 1. The first-order chi connectivity index (χ1) is 8.13. The van der Waals surface area contributed by atoms with Crippen molar-refractivity contribution in [3.8, 4) is 0 Å². The summed E-state index contributed by atoms with van der Waals surface area (Å²) >= 11 is 5.67. The zero-order valence-electron chi connectivity index (χ0n) is 9.66. The van der Waals surface area contributed by atoms with Gasteiger partial charge in [0.2, 0.25) is 0 Å². The van der Waals surface area contributed by atoms with E-state index in [1.807, 2.05) is 11.0 Å². The van der Waals surface area contributed by atoms with Gasteiger partial charge in [-0.1, -0.05) is 24.6 Å². The van der Waals surface area contributed by atoms with E-state index in [1.54, 1.807) is 6.07 Å². The summed E-state index contributed by atoms with van der Waals surface area (Å²) in [6.45, 7) is 3.47. The number of hydrogen-bond acceptors (Lipinski definition) is 3. The molecule has 1 aliphatic rings. The SMILES string of the molecule is CCCN1C(N)=NCC1c1ccc(Cl)c(F)c1. The average molecular weight is 256 g/mol. The minimum Gasteiger partial charge on any atom is -0.370 e. The molecule has 1 heterocycles. The van der Waals surface area contributed by atoms with Crippen molar-refractivity contribution >= 4 is 17.6 Å². The fraction of sp³-hybridized carbons (Fsp3) is 0.417. The second-order valence-electron chi connectivity index (χ2n) is 4.08. The third kappa shape index (κ3) is 2.36. The molecule has 2 N–H and O–H groups in total. The summed E-state index contributed by atoms with van der Waals surface area (Å²) in [5.41, 5.74) is 6.68. The third-order valence-electron chi connectivity index (χ3n) is 2.89. The van der Waals surface area contributed by atoms with Crippen molar-refractivity contribution in [3.63, 3.8) is 0 Å². The van der Waals surface area contributed by atoms with Crippen LogP contribution in [0.5, 0.6) is 0 Å². The van der Waals surface area contributed by atoms with Crippen LogP contribution in [0.4, 0.5) is 4.39 Å². The van der Waals surface area contributed by atoms with Crippen LogP contribution >= 0.6 is 11.6 Å². The van der Waals surface area contributed by atoms with E-state index >= 15 is 0 Å². The van der Waals surface area contributed by atoms with Gasteiger partial charge >= 0.3 is 0 Å². The van der Waals surface area contributed by atoms with Gasteiger partial charge in [0, 0.05) is 6.54 Å². The zero-order chi connectivity index (χ0) is 12.4. The number of halogens is 2. The largest absolute Gasteiger partial charge is 0.370 e. The molecule has 0 saturated heterocycles. The first-order valence-corrected chi connectivity index (χ1v) is 6.02. The maximum atomic E-state index is 13.4. The third-order valence-corrected chi connectivity index (χ3v) is 3.20. The van der Waals surface area contributed by atoms with E-state index in [-0.39, 0.29) is 11.1 Å². The summed E-state index contributed by atoms with van der Waals surface area (Å²) < 4.78 is 13.4. The predicted molar refractivity (Wildman–Crippen MR) is 67.6 cm³/mol. The number of hydrogen-bond donors (Lipinski definition) is 1. The molecule has 0 bridgehead atoms. The maximum absolute atomic E-state index is 13.4. The van der Waals surface area contributed by atoms with Gasteiger partial charge in [-0.15, -0.1) is 0 Å². The van der Waals surface area contributed by atoms with Gasteiger partial charge in [0.15, 0.2) is 5.96 Å². The molecule has 3 nitrogen and oxygen atoms in total. The second kappa shape index (κ2) is 4.92. The lowest BCUT2D eigenvalue weighted by atomic mass is 10.1. The first kappa shape index (κ1) is 12.2. The van der Waals surface area contributed by atoms with Gasteiger partial charge in [-0.05, 0) is 24.1 Å². The van der Waals surface area contributed by atoms with Crippen LogP contribution < -0.4 is 5.73 Å². The molecule has 0 radical (unpaired) electrons. The van der Waals surface area contributed by atoms with Crippen LogP contribution in [0, 0.1) is 5.82 Å². The Morgan fingerprint density at radius 1 is 1.59 bits per heavy atom. The summed E-state index contributed by atoms with van der Waals surface area (Å²) in [6, 6.07) is 4.89. The van der Waals surface area contributed by atoms with Crippen molar-refractivity contribution in [1.82, 2.24) is 4.90 Å². The molecule has 1 aromatic rings. The molecule has 0 fully saturated rings. The Balaban J connectivity index is 2.25. The molecular weight excluding hydrogens is 241 g/mol. The normalized spacial score (nSPS) is 19.6. The molecule has 92 valence electrons. The number of benzene rings is 1. The van der Waals surface area contributed by atoms with E-state index in [4.69, 9.17) is 17.3 Å². The molecule has 0 spiro atoms. The number of rotatable bonds is 3. The fourth-order valence-electron chi connectivity index (χ4n) is 2.05. The standard InChI is InChI=1S/C12H15ClFN3/c1-2-5-17-11(7-16-12(17)15)8-3-4-9(13)10(14)6-8/h3-4,6,11H,2,5,7H2,1H3,(H2,15,16).